The van der Waals surface area contributed by atoms with Crippen molar-refractivity contribution in [3.8, 4) is 0 Å². The summed E-state index contributed by atoms with van der Waals surface area (Å²) < 4.78 is 66.2. The molecule has 0 aromatic heterocycles. The van der Waals surface area contributed by atoms with Crippen LogP contribution >= 0.6 is 0 Å². The monoisotopic (exact) mass is 280 g/mol. The van der Waals surface area contributed by atoms with Gasteiger partial charge in [-0.2, -0.15) is 13.2 Å². The first kappa shape index (κ1) is 14.2. The summed E-state index contributed by atoms with van der Waals surface area (Å²) in [5, 5.41) is 2.92. The largest absolute Gasteiger partial charge is 0.408 e. The Morgan fingerprint density at radius 1 is 1.11 bits per heavy atom. The van der Waals surface area contributed by atoms with Gasteiger partial charge in [0.25, 0.3) is 0 Å². The fourth-order valence-electron chi connectivity index (χ4n) is 2.25. The molecular weight excluding hydrogens is 267 g/mol. The van der Waals surface area contributed by atoms with Crippen LogP contribution in [0.15, 0.2) is 18.2 Å². The molecule has 1 N–H and O–H groups in total. The highest BCUT2D eigenvalue weighted by Crippen LogP contribution is 2.39. The van der Waals surface area contributed by atoms with Gasteiger partial charge in [0, 0.05) is 31.7 Å². The third-order valence-corrected chi connectivity index (χ3v) is 3.10. The summed E-state index contributed by atoms with van der Waals surface area (Å²) in [6, 6.07) is 0.780. The minimum atomic E-state index is -4.65. The molecule has 0 spiro atoms. The van der Waals surface area contributed by atoms with Crippen LogP contribution < -0.4 is 5.32 Å². The molecule has 7 heteroatoms. The fraction of sp³-hybridized carbons (Fsp3) is 0.500. The molecule has 2 nitrogen and oxygen atoms in total. The maximum atomic E-state index is 13.6. The van der Waals surface area contributed by atoms with Gasteiger partial charge in [-0.3, -0.25) is 4.90 Å². The van der Waals surface area contributed by atoms with Gasteiger partial charge in [-0.1, -0.05) is 12.1 Å². The van der Waals surface area contributed by atoms with E-state index < -0.39 is 29.4 Å². The van der Waals surface area contributed by atoms with Crippen LogP contribution in [0.5, 0.6) is 0 Å². The van der Waals surface area contributed by atoms with Crippen molar-refractivity contribution in [3.63, 3.8) is 0 Å². The Balaban J connectivity index is 2.40. The van der Waals surface area contributed by atoms with Crippen LogP contribution in [-0.4, -0.2) is 37.3 Å². The van der Waals surface area contributed by atoms with E-state index in [4.69, 9.17) is 0 Å². The molecule has 0 amide bonds. The molecule has 1 aromatic carbocycles. The summed E-state index contributed by atoms with van der Waals surface area (Å²) in [5.41, 5.74) is -0.658. The Morgan fingerprint density at radius 2 is 1.74 bits per heavy atom. The van der Waals surface area contributed by atoms with E-state index >= 15 is 0 Å². The first-order valence-corrected chi connectivity index (χ1v) is 5.86. The molecule has 0 radical (unpaired) electrons. The highest BCUT2D eigenvalue weighted by atomic mass is 19.4. The average molecular weight is 280 g/mol. The number of rotatable bonds is 2. The first-order valence-electron chi connectivity index (χ1n) is 5.86. The molecule has 1 saturated heterocycles. The van der Waals surface area contributed by atoms with Crippen molar-refractivity contribution < 1.29 is 22.0 Å². The van der Waals surface area contributed by atoms with Crippen LogP contribution in [0.2, 0.25) is 0 Å². The Labute approximate surface area is 107 Å². The minimum Gasteiger partial charge on any atom is -0.314 e. The molecule has 1 fully saturated rings. The molecule has 1 atom stereocenters. The van der Waals surface area contributed by atoms with Crippen molar-refractivity contribution in [2.75, 3.05) is 26.2 Å². The smallest absolute Gasteiger partial charge is 0.314 e. The minimum absolute atomic E-state index is 0.139. The summed E-state index contributed by atoms with van der Waals surface area (Å²) in [6.45, 7) is 1.06. The van der Waals surface area contributed by atoms with E-state index in [0.717, 1.165) is 23.1 Å². The van der Waals surface area contributed by atoms with Gasteiger partial charge in [0.2, 0.25) is 0 Å². The van der Waals surface area contributed by atoms with Gasteiger partial charge in [-0.05, 0) is 6.07 Å². The van der Waals surface area contributed by atoms with Crippen molar-refractivity contribution >= 4 is 0 Å². The molecule has 1 aliphatic heterocycles. The zero-order valence-corrected chi connectivity index (χ0v) is 9.97. The number of piperazine rings is 1. The van der Waals surface area contributed by atoms with Gasteiger partial charge in [-0.15, -0.1) is 0 Å². The summed E-state index contributed by atoms with van der Waals surface area (Å²) in [4.78, 5) is 1.12. The summed E-state index contributed by atoms with van der Waals surface area (Å²) in [6.07, 6.45) is -4.65. The zero-order valence-electron chi connectivity index (χ0n) is 9.97. The van der Waals surface area contributed by atoms with Gasteiger partial charge < -0.3 is 5.32 Å². The van der Waals surface area contributed by atoms with Crippen LogP contribution in [0.1, 0.15) is 11.6 Å². The molecule has 0 bridgehead atoms. The van der Waals surface area contributed by atoms with Gasteiger partial charge in [0.05, 0.1) is 0 Å². The zero-order chi connectivity index (χ0) is 14.0. The lowest BCUT2D eigenvalue weighted by atomic mass is 10.0. The van der Waals surface area contributed by atoms with E-state index in [0.29, 0.717) is 13.1 Å². The molecule has 1 aromatic rings. The molecule has 0 unspecified atom stereocenters. The average Bonchev–Trinajstić information content (AvgIpc) is 2.35. The highest BCUT2D eigenvalue weighted by Gasteiger charge is 2.46. The van der Waals surface area contributed by atoms with Crippen molar-refractivity contribution in [3.05, 3.63) is 35.4 Å². The Hall–Kier alpha value is -1.21. The SMILES string of the molecule is Fc1cccc([C@H](N2CCNCC2)C(F)(F)F)c1F. The number of nitrogens with zero attached hydrogens (tertiary/aromatic N) is 1. The Bertz CT molecular complexity index is 440. The second kappa shape index (κ2) is 5.42. The molecule has 106 valence electrons. The second-order valence-electron chi connectivity index (χ2n) is 4.37. The third-order valence-electron chi connectivity index (χ3n) is 3.10. The van der Waals surface area contributed by atoms with E-state index in [-0.39, 0.29) is 13.1 Å². The normalized spacial score (nSPS) is 19.4. The summed E-state index contributed by atoms with van der Waals surface area (Å²) in [7, 11) is 0. The Kier molecular flexibility index (Phi) is 4.05. The van der Waals surface area contributed by atoms with Crippen LogP contribution in [0.25, 0.3) is 0 Å². The van der Waals surface area contributed by atoms with Crippen LogP contribution in [0, 0.1) is 11.6 Å². The molecule has 0 aliphatic carbocycles. The summed E-state index contributed by atoms with van der Waals surface area (Å²) in [5.74, 6) is -2.69. The maximum absolute atomic E-state index is 13.6. The van der Waals surface area contributed by atoms with Gasteiger partial charge in [-0.25, -0.2) is 8.78 Å². The topological polar surface area (TPSA) is 15.3 Å². The molecule has 0 saturated carbocycles. The molecule has 2 rings (SSSR count). The van der Waals surface area contributed by atoms with Gasteiger partial charge in [0.1, 0.15) is 6.04 Å². The predicted octanol–water partition coefficient (Wildman–Crippen LogP) is 2.47. The van der Waals surface area contributed by atoms with Crippen molar-refractivity contribution in [2.45, 2.75) is 12.2 Å². The van der Waals surface area contributed by atoms with Gasteiger partial charge in [0.15, 0.2) is 11.6 Å². The first-order chi connectivity index (χ1) is 8.91. The summed E-state index contributed by atoms with van der Waals surface area (Å²) >= 11 is 0. The fourth-order valence-corrected chi connectivity index (χ4v) is 2.25. The van der Waals surface area contributed by atoms with E-state index in [9.17, 15) is 22.0 Å². The highest BCUT2D eigenvalue weighted by molar-refractivity contribution is 5.24. The van der Waals surface area contributed by atoms with Crippen molar-refractivity contribution in [1.29, 1.82) is 0 Å². The van der Waals surface area contributed by atoms with E-state index in [1.165, 1.54) is 0 Å². The van der Waals surface area contributed by atoms with Crippen LogP contribution in [-0.2, 0) is 0 Å². The number of hydrogen-bond acceptors (Lipinski definition) is 2. The van der Waals surface area contributed by atoms with Crippen LogP contribution in [0.3, 0.4) is 0 Å². The molecule has 1 aliphatic rings. The molecule has 1 heterocycles. The van der Waals surface area contributed by atoms with Crippen molar-refractivity contribution in [2.24, 2.45) is 0 Å². The number of alkyl halides is 3. The van der Waals surface area contributed by atoms with Crippen molar-refractivity contribution in [1.82, 2.24) is 10.2 Å². The van der Waals surface area contributed by atoms with E-state index in [2.05, 4.69) is 5.32 Å². The lowest BCUT2D eigenvalue weighted by molar-refractivity contribution is -0.188. The third kappa shape index (κ3) is 3.03. The number of halogens is 5. The number of hydrogen-bond donors (Lipinski definition) is 1. The second-order valence-corrected chi connectivity index (χ2v) is 4.37. The Morgan fingerprint density at radius 3 is 2.32 bits per heavy atom. The molecular formula is C12H13F5N2. The standard InChI is InChI=1S/C12H13F5N2/c13-9-3-1-2-8(10(9)14)11(12(15,16)17)19-6-4-18-5-7-19/h1-3,11,18H,4-7H2/t11-/m0/s1. The van der Waals surface area contributed by atoms with E-state index in [1.54, 1.807) is 0 Å². The number of benzene rings is 1. The lowest BCUT2D eigenvalue weighted by Crippen LogP contribution is -2.49. The quantitative estimate of drug-likeness (QED) is 0.837. The van der Waals surface area contributed by atoms with E-state index in [1.807, 2.05) is 0 Å². The molecule has 19 heavy (non-hydrogen) atoms. The van der Waals surface area contributed by atoms with Crippen LogP contribution in [0.4, 0.5) is 22.0 Å². The van der Waals surface area contributed by atoms with Gasteiger partial charge >= 0.3 is 6.18 Å². The lowest BCUT2D eigenvalue weighted by Gasteiger charge is -2.36. The maximum Gasteiger partial charge on any atom is 0.408 e. The predicted molar refractivity (Wildman–Crippen MR) is 59.6 cm³/mol. The number of nitrogens with one attached hydrogen (secondary N) is 1.